The van der Waals surface area contributed by atoms with Crippen molar-refractivity contribution in [2.45, 2.75) is 51.2 Å². The molecule has 0 saturated heterocycles. The normalized spacial score (nSPS) is 24.2. The molecule has 2 N–H and O–H groups in total. The molecule has 1 fully saturated rings. The van der Waals surface area contributed by atoms with E-state index in [-0.39, 0.29) is 12.3 Å². The second-order valence-electron chi connectivity index (χ2n) is 6.53. The molecule has 0 heterocycles. The van der Waals surface area contributed by atoms with Crippen LogP contribution in [0.15, 0.2) is 24.3 Å². The Labute approximate surface area is 137 Å². The number of benzene rings is 1. The van der Waals surface area contributed by atoms with Crippen molar-refractivity contribution >= 4 is 11.9 Å². The maximum atomic E-state index is 12.4. The summed E-state index contributed by atoms with van der Waals surface area (Å²) in [6.45, 7) is 2.36. The molecule has 5 heteroatoms. The zero-order valence-electron chi connectivity index (χ0n) is 13.8. The monoisotopic (exact) mass is 319 g/mol. The smallest absolute Gasteiger partial charge is 0.308 e. The van der Waals surface area contributed by atoms with Gasteiger partial charge in [0.1, 0.15) is 0 Å². The van der Waals surface area contributed by atoms with Gasteiger partial charge in [0.05, 0.1) is 24.5 Å². The third kappa shape index (κ3) is 4.55. The first-order chi connectivity index (χ1) is 10.9. The third-order valence-electron chi connectivity index (χ3n) is 4.60. The van der Waals surface area contributed by atoms with Crippen LogP contribution in [0, 0.1) is 5.92 Å². The summed E-state index contributed by atoms with van der Waals surface area (Å²) in [5.74, 6) is -1.47. The van der Waals surface area contributed by atoms with E-state index in [1.54, 1.807) is 7.11 Å². The van der Waals surface area contributed by atoms with Crippen molar-refractivity contribution < 1.29 is 19.4 Å². The molecular weight excluding hydrogens is 294 g/mol. The third-order valence-corrected chi connectivity index (χ3v) is 4.60. The Hall–Kier alpha value is -1.88. The Balaban J connectivity index is 2.03. The largest absolute Gasteiger partial charge is 0.481 e. The van der Waals surface area contributed by atoms with Crippen molar-refractivity contribution in [3.05, 3.63) is 35.4 Å². The molecule has 1 saturated carbocycles. The molecule has 0 aromatic heterocycles. The summed E-state index contributed by atoms with van der Waals surface area (Å²) in [6, 6.07) is 7.70. The minimum Gasteiger partial charge on any atom is -0.481 e. The van der Waals surface area contributed by atoms with Gasteiger partial charge in [-0.1, -0.05) is 37.1 Å². The molecule has 1 aliphatic carbocycles. The summed E-state index contributed by atoms with van der Waals surface area (Å²) in [6.07, 6.45) is 3.43. The maximum absolute atomic E-state index is 12.4. The standard InChI is InChI=1S/C18H25NO4/c1-18(9-4-3-8-15(18)17(21)22)19-16(20)11-13-6-5-7-14(10-13)12-23-2/h5-7,10,15H,3-4,8-9,11-12H2,1-2H3,(H,19,20)(H,21,22). The number of ether oxygens (including phenoxy) is 1. The first-order valence-electron chi connectivity index (χ1n) is 8.05. The van der Waals surface area contributed by atoms with E-state index >= 15 is 0 Å². The fourth-order valence-corrected chi connectivity index (χ4v) is 3.42. The Morgan fingerprint density at radius 3 is 2.78 bits per heavy atom. The van der Waals surface area contributed by atoms with Crippen molar-refractivity contribution in [2.24, 2.45) is 5.92 Å². The average Bonchev–Trinajstić information content (AvgIpc) is 2.47. The lowest BCUT2D eigenvalue weighted by Crippen LogP contribution is -2.55. The molecule has 5 nitrogen and oxygen atoms in total. The molecule has 2 atom stereocenters. The minimum absolute atomic E-state index is 0.129. The maximum Gasteiger partial charge on any atom is 0.308 e. The molecule has 0 spiro atoms. The van der Waals surface area contributed by atoms with Gasteiger partial charge in [-0.05, 0) is 30.9 Å². The number of methoxy groups -OCH3 is 1. The van der Waals surface area contributed by atoms with Gasteiger partial charge in [0.15, 0.2) is 0 Å². The molecule has 23 heavy (non-hydrogen) atoms. The van der Waals surface area contributed by atoms with Crippen LogP contribution in [0.3, 0.4) is 0 Å². The molecule has 2 unspecified atom stereocenters. The van der Waals surface area contributed by atoms with E-state index < -0.39 is 17.4 Å². The van der Waals surface area contributed by atoms with E-state index in [9.17, 15) is 14.7 Å². The highest BCUT2D eigenvalue weighted by Gasteiger charge is 2.42. The van der Waals surface area contributed by atoms with Gasteiger partial charge in [-0.15, -0.1) is 0 Å². The number of hydrogen-bond donors (Lipinski definition) is 2. The Morgan fingerprint density at radius 2 is 2.09 bits per heavy atom. The molecule has 0 aliphatic heterocycles. The second-order valence-corrected chi connectivity index (χ2v) is 6.53. The molecule has 126 valence electrons. The van der Waals surface area contributed by atoms with Crippen molar-refractivity contribution in [1.82, 2.24) is 5.32 Å². The van der Waals surface area contributed by atoms with E-state index in [4.69, 9.17) is 4.74 Å². The van der Waals surface area contributed by atoms with Crippen LogP contribution < -0.4 is 5.32 Å². The average molecular weight is 319 g/mol. The van der Waals surface area contributed by atoms with Crippen LogP contribution in [-0.4, -0.2) is 29.6 Å². The van der Waals surface area contributed by atoms with Gasteiger partial charge in [0.25, 0.3) is 0 Å². The van der Waals surface area contributed by atoms with E-state index in [1.807, 2.05) is 31.2 Å². The number of carbonyl (C=O) groups is 2. The zero-order valence-corrected chi connectivity index (χ0v) is 13.8. The predicted molar refractivity (Wildman–Crippen MR) is 87.0 cm³/mol. The quantitative estimate of drug-likeness (QED) is 0.845. The molecule has 0 radical (unpaired) electrons. The van der Waals surface area contributed by atoms with Crippen LogP contribution in [0.1, 0.15) is 43.7 Å². The van der Waals surface area contributed by atoms with Crippen LogP contribution in [0.25, 0.3) is 0 Å². The lowest BCUT2D eigenvalue weighted by atomic mass is 9.74. The Morgan fingerprint density at radius 1 is 1.35 bits per heavy atom. The van der Waals surface area contributed by atoms with Crippen LogP contribution >= 0.6 is 0 Å². The van der Waals surface area contributed by atoms with Crippen molar-refractivity contribution in [3.63, 3.8) is 0 Å². The summed E-state index contributed by atoms with van der Waals surface area (Å²) in [7, 11) is 1.63. The summed E-state index contributed by atoms with van der Waals surface area (Å²) >= 11 is 0. The Kier molecular flexibility index (Phi) is 5.77. The number of hydrogen-bond acceptors (Lipinski definition) is 3. The SMILES string of the molecule is COCc1cccc(CC(=O)NC2(C)CCCCC2C(=O)O)c1. The summed E-state index contributed by atoms with van der Waals surface area (Å²) in [4.78, 5) is 23.8. The van der Waals surface area contributed by atoms with Gasteiger partial charge in [0, 0.05) is 7.11 Å². The van der Waals surface area contributed by atoms with Gasteiger partial charge in [0.2, 0.25) is 5.91 Å². The highest BCUT2D eigenvalue weighted by Crippen LogP contribution is 2.33. The van der Waals surface area contributed by atoms with E-state index in [2.05, 4.69) is 5.32 Å². The highest BCUT2D eigenvalue weighted by atomic mass is 16.5. The number of carbonyl (C=O) groups excluding carboxylic acids is 1. The van der Waals surface area contributed by atoms with Gasteiger partial charge < -0.3 is 15.2 Å². The number of aliphatic carboxylic acids is 1. The van der Waals surface area contributed by atoms with E-state index in [0.717, 1.165) is 24.0 Å². The number of amides is 1. The van der Waals surface area contributed by atoms with Crippen molar-refractivity contribution in [3.8, 4) is 0 Å². The molecule has 1 aromatic carbocycles. The minimum atomic E-state index is -0.824. The molecule has 1 aliphatic rings. The van der Waals surface area contributed by atoms with Gasteiger partial charge in [-0.3, -0.25) is 9.59 Å². The lowest BCUT2D eigenvalue weighted by Gasteiger charge is -2.39. The molecule has 2 rings (SSSR count). The van der Waals surface area contributed by atoms with Gasteiger partial charge in [-0.25, -0.2) is 0 Å². The zero-order chi connectivity index (χ0) is 16.9. The fourth-order valence-electron chi connectivity index (χ4n) is 3.42. The Bertz CT molecular complexity index is 572. The molecule has 1 aromatic rings. The lowest BCUT2D eigenvalue weighted by molar-refractivity contribution is -0.146. The van der Waals surface area contributed by atoms with E-state index in [0.29, 0.717) is 19.4 Å². The number of carboxylic acid groups (broad SMARTS) is 1. The van der Waals surface area contributed by atoms with Crippen molar-refractivity contribution in [2.75, 3.05) is 7.11 Å². The van der Waals surface area contributed by atoms with Crippen LogP contribution in [0.2, 0.25) is 0 Å². The second kappa shape index (κ2) is 7.59. The first kappa shape index (κ1) is 17.5. The highest BCUT2D eigenvalue weighted by molar-refractivity contribution is 5.81. The van der Waals surface area contributed by atoms with Crippen LogP contribution in [0.5, 0.6) is 0 Å². The predicted octanol–water partition coefficient (Wildman–Crippen LogP) is 2.53. The van der Waals surface area contributed by atoms with Gasteiger partial charge >= 0.3 is 5.97 Å². The number of rotatable bonds is 6. The first-order valence-corrected chi connectivity index (χ1v) is 8.05. The summed E-state index contributed by atoms with van der Waals surface area (Å²) in [5, 5.41) is 12.4. The molecular formula is C18H25NO4. The van der Waals surface area contributed by atoms with Crippen LogP contribution in [0.4, 0.5) is 0 Å². The van der Waals surface area contributed by atoms with Crippen LogP contribution in [-0.2, 0) is 27.4 Å². The summed E-state index contributed by atoms with van der Waals surface area (Å²) < 4.78 is 5.10. The van der Waals surface area contributed by atoms with E-state index in [1.165, 1.54) is 0 Å². The molecule has 0 bridgehead atoms. The fraction of sp³-hybridized carbons (Fsp3) is 0.556. The topological polar surface area (TPSA) is 75.6 Å². The van der Waals surface area contributed by atoms with Gasteiger partial charge in [-0.2, -0.15) is 0 Å². The summed E-state index contributed by atoms with van der Waals surface area (Å²) in [5.41, 5.74) is 1.26. The van der Waals surface area contributed by atoms with Crippen molar-refractivity contribution in [1.29, 1.82) is 0 Å². The number of nitrogens with one attached hydrogen (secondary N) is 1. The number of carboxylic acids is 1. The molecule has 1 amide bonds.